The summed E-state index contributed by atoms with van der Waals surface area (Å²) in [6, 6.07) is 13.7. The second-order valence-electron chi connectivity index (χ2n) is 10.4. The van der Waals surface area contributed by atoms with Gasteiger partial charge in [-0.25, -0.2) is 0 Å². The fourth-order valence-electron chi connectivity index (χ4n) is 5.78. The number of aromatic nitrogens is 2. The molecule has 2 aromatic carbocycles. The van der Waals surface area contributed by atoms with Gasteiger partial charge in [0.25, 0.3) is 0 Å². The highest BCUT2D eigenvalue weighted by molar-refractivity contribution is 9.10. The van der Waals surface area contributed by atoms with Crippen molar-refractivity contribution in [1.82, 2.24) is 19.8 Å². The third-order valence-electron chi connectivity index (χ3n) is 8.04. The van der Waals surface area contributed by atoms with Crippen molar-refractivity contribution in [3.8, 4) is 6.01 Å². The van der Waals surface area contributed by atoms with Gasteiger partial charge in [0.2, 0.25) is 5.91 Å². The molecule has 3 aromatic rings. The van der Waals surface area contributed by atoms with Crippen LogP contribution in [0.1, 0.15) is 24.1 Å². The molecule has 9 heteroatoms. The Morgan fingerprint density at radius 1 is 1.08 bits per heavy atom. The van der Waals surface area contributed by atoms with Gasteiger partial charge in [-0.15, -0.1) is 0 Å². The third kappa shape index (κ3) is 4.85. The number of rotatable bonds is 6. The summed E-state index contributed by atoms with van der Waals surface area (Å²) < 4.78 is 7.29. The number of likely N-dealkylation sites (N-methyl/N-ethyl adjacent to an activating group) is 1. The average Bonchev–Trinajstić information content (AvgIpc) is 3.56. The predicted octanol–water partition coefficient (Wildman–Crippen LogP) is 4.22. The van der Waals surface area contributed by atoms with Crippen molar-refractivity contribution in [3.05, 3.63) is 64.8 Å². The second-order valence-corrected chi connectivity index (χ2v) is 11.2. The van der Waals surface area contributed by atoms with Gasteiger partial charge in [-0.05, 0) is 71.3 Å². The molecule has 1 amide bonds. The number of amides is 1. The van der Waals surface area contributed by atoms with E-state index in [1.54, 1.807) is 0 Å². The first-order valence-electron chi connectivity index (χ1n) is 13.3. The molecule has 2 saturated heterocycles. The number of benzene rings is 2. The van der Waals surface area contributed by atoms with Crippen LogP contribution in [0.15, 0.2) is 53.5 Å². The fourth-order valence-corrected chi connectivity index (χ4v) is 6.39. The number of hydrogen-bond acceptors (Lipinski definition) is 7. The zero-order chi connectivity index (χ0) is 26.2. The molecule has 0 saturated carbocycles. The molecule has 1 atom stereocenters. The van der Waals surface area contributed by atoms with Crippen LogP contribution < -0.4 is 14.5 Å². The highest BCUT2D eigenvalue weighted by Crippen LogP contribution is 2.39. The Labute approximate surface area is 232 Å². The van der Waals surface area contributed by atoms with Gasteiger partial charge in [-0.3, -0.25) is 4.79 Å². The number of nitrogens with zero attached hydrogens (tertiary/aromatic N) is 6. The summed E-state index contributed by atoms with van der Waals surface area (Å²) in [5.41, 5.74) is 3.29. The minimum Gasteiger partial charge on any atom is -0.462 e. The molecule has 0 unspecified atom stereocenters. The first-order valence-corrected chi connectivity index (χ1v) is 14.1. The lowest BCUT2D eigenvalue weighted by atomic mass is 10.1. The SMILES string of the molecule is C=CC(=O)N1CCN(c2nc(OC[C@@H]3CCCN3C)nc3c2CN(c2cc4ccccc4cc2Br)C3)CC1. The summed E-state index contributed by atoms with van der Waals surface area (Å²) in [5.74, 6) is 0.907. The van der Waals surface area contributed by atoms with Crippen molar-refractivity contribution in [2.75, 3.05) is 56.2 Å². The summed E-state index contributed by atoms with van der Waals surface area (Å²) in [5, 5.41) is 2.42. The molecule has 0 aliphatic carbocycles. The lowest BCUT2D eigenvalue weighted by Gasteiger charge is -2.35. The summed E-state index contributed by atoms with van der Waals surface area (Å²) in [6.45, 7) is 9.47. The van der Waals surface area contributed by atoms with E-state index in [2.05, 4.69) is 80.7 Å². The van der Waals surface area contributed by atoms with Gasteiger partial charge in [0.05, 0.1) is 17.9 Å². The minimum absolute atomic E-state index is 0.0189. The fraction of sp³-hybridized carbons (Fsp3) is 0.414. The van der Waals surface area contributed by atoms with Crippen LogP contribution in [0.5, 0.6) is 6.01 Å². The van der Waals surface area contributed by atoms with E-state index in [9.17, 15) is 4.79 Å². The number of fused-ring (bicyclic) bond motifs is 2. The van der Waals surface area contributed by atoms with Crippen molar-refractivity contribution in [1.29, 1.82) is 0 Å². The van der Waals surface area contributed by atoms with Crippen LogP contribution >= 0.6 is 15.9 Å². The molecule has 198 valence electrons. The monoisotopic (exact) mass is 576 g/mol. The van der Waals surface area contributed by atoms with Gasteiger partial charge >= 0.3 is 6.01 Å². The van der Waals surface area contributed by atoms with Crippen LogP contribution in [-0.4, -0.2) is 78.1 Å². The topological polar surface area (TPSA) is 65.0 Å². The Hall–Kier alpha value is -3.17. The summed E-state index contributed by atoms with van der Waals surface area (Å²) in [4.78, 5) is 30.8. The molecule has 3 aliphatic rings. The highest BCUT2D eigenvalue weighted by atomic mass is 79.9. The smallest absolute Gasteiger partial charge is 0.318 e. The zero-order valence-electron chi connectivity index (χ0n) is 21.8. The maximum absolute atomic E-state index is 12.1. The lowest BCUT2D eigenvalue weighted by molar-refractivity contribution is -0.126. The molecule has 1 aromatic heterocycles. The zero-order valence-corrected chi connectivity index (χ0v) is 23.4. The van der Waals surface area contributed by atoms with Crippen molar-refractivity contribution < 1.29 is 9.53 Å². The van der Waals surface area contributed by atoms with Crippen LogP contribution in [0.3, 0.4) is 0 Å². The maximum Gasteiger partial charge on any atom is 0.318 e. The van der Waals surface area contributed by atoms with Crippen LogP contribution in [0, 0.1) is 0 Å². The second kappa shape index (κ2) is 10.5. The first-order chi connectivity index (χ1) is 18.5. The number of halogens is 1. The van der Waals surface area contributed by atoms with Gasteiger partial charge in [-0.1, -0.05) is 30.8 Å². The van der Waals surface area contributed by atoms with Crippen molar-refractivity contribution >= 4 is 44.1 Å². The number of carbonyl (C=O) groups excluding carboxylic acids is 1. The third-order valence-corrected chi connectivity index (χ3v) is 8.67. The van der Waals surface area contributed by atoms with Crippen molar-refractivity contribution in [2.24, 2.45) is 0 Å². The van der Waals surface area contributed by atoms with Crippen molar-refractivity contribution in [2.45, 2.75) is 32.0 Å². The van der Waals surface area contributed by atoms with Crippen LogP contribution in [0.25, 0.3) is 10.8 Å². The molecule has 4 heterocycles. The number of hydrogen-bond donors (Lipinski definition) is 0. The molecular formula is C29H33BrN6O2. The van der Waals surface area contributed by atoms with E-state index < -0.39 is 0 Å². The molecule has 0 N–H and O–H groups in total. The molecule has 8 nitrogen and oxygen atoms in total. The molecule has 0 bridgehead atoms. The van der Waals surface area contributed by atoms with Crippen LogP contribution in [0.2, 0.25) is 0 Å². The van der Waals surface area contributed by atoms with Gasteiger partial charge in [0, 0.05) is 48.8 Å². The Bertz CT molecular complexity index is 1370. The molecule has 2 fully saturated rings. The maximum atomic E-state index is 12.1. The number of carbonyl (C=O) groups is 1. The molecule has 38 heavy (non-hydrogen) atoms. The van der Waals surface area contributed by atoms with E-state index in [1.807, 2.05) is 4.90 Å². The Morgan fingerprint density at radius 2 is 1.84 bits per heavy atom. The van der Waals surface area contributed by atoms with Gasteiger partial charge in [-0.2, -0.15) is 9.97 Å². The number of anilines is 2. The van der Waals surface area contributed by atoms with E-state index in [0.717, 1.165) is 46.7 Å². The van der Waals surface area contributed by atoms with Crippen molar-refractivity contribution in [3.63, 3.8) is 0 Å². The lowest BCUT2D eigenvalue weighted by Crippen LogP contribution is -2.48. The van der Waals surface area contributed by atoms with E-state index >= 15 is 0 Å². The minimum atomic E-state index is -0.0189. The largest absolute Gasteiger partial charge is 0.462 e. The Kier molecular flexibility index (Phi) is 6.97. The molecule has 0 spiro atoms. The number of ether oxygens (including phenoxy) is 1. The molecular weight excluding hydrogens is 544 g/mol. The quantitative estimate of drug-likeness (QED) is 0.407. The summed E-state index contributed by atoms with van der Waals surface area (Å²) in [7, 11) is 2.15. The molecule has 3 aliphatic heterocycles. The highest BCUT2D eigenvalue weighted by Gasteiger charge is 2.31. The van der Waals surface area contributed by atoms with E-state index in [0.29, 0.717) is 51.4 Å². The average molecular weight is 578 g/mol. The standard InChI is InChI=1S/C29H33BrN6O2/c1-3-27(37)34-11-13-35(14-12-34)28-23-17-36(26-16-21-8-5-4-7-20(21)15-24(26)30)18-25(23)31-29(32-28)38-19-22-9-6-10-33(22)2/h3-5,7-8,15-16,22H,1,6,9-14,17-19H2,2H3/t22-/m0/s1. The number of piperazine rings is 1. The van der Waals surface area contributed by atoms with E-state index in [-0.39, 0.29) is 5.91 Å². The molecule has 0 radical (unpaired) electrons. The predicted molar refractivity (Wildman–Crippen MR) is 154 cm³/mol. The normalized spacial score (nSPS) is 19.7. The van der Waals surface area contributed by atoms with Gasteiger partial charge in [0.1, 0.15) is 12.4 Å². The Morgan fingerprint density at radius 3 is 2.55 bits per heavy atom. The van der Waals surface area contributed by atoms with Crippen LogP contribution in [-0.2, 0) is 17.9 Å². The number of likely N-dealkylation sites (tertiary alicyclic amines) is 1. The summed E-state index contributed by atoms with van der Waals surface area (Å²) >= 11 is 3.81. The first kappa shape index (κ1) is 25.1. The summed E-state index contributed by atoms with van der Waals surface area (Å²) in [6.07, 6.45) is 3.73. The van der Waals surface area contributed by atoms with E-state index in [1.165, 1.54) is 23.3 Å². The van der Waals surface area contributed by atoms with Gasteiger partial charge in [0.15, 0.2) is 0 Å². The van der Waals surface area contributed by atoms with E-state index in [4.69, 9.17) is 14.7 Å². The Balaban J connectivity index is 1.29. The molecule has 6 rings (SSSR count). The van der Waals surface area contributed by atoms with Gasteiger partial charge < -0.3 is 24.3 Å². The van der Waals surface area contributed by atoms with Crippen LogP contribution in [0.4, 0.5) is 11.5 Å².